The molecule has 0 atom stereocenters. The second-order valence-electron chi connectivity index (χ2n) is 7.09. The first-order valence-corrected chi connectivity index (χ1v) is 9.31. The molecule has 1 aliphatic rings. The molecule has 3 rings (SSSR count). The van der Waals surface area contributed by atoms with Gasteiger partial charge in [0.1, 0.15) is 0 Å². The number of rotatable bonds is 5. The number of carbonyl (C=O) groups is 2. The molecule has 142 valence electrons. The third-order valence-corrected chi connectivity index (χ3v) is 4.83. The lowest BCUT2D eigenvalue weighted by Gasteiger charge is -2.34. The molecule has 1 aliphatic heterocycles. The smallest absolute Gasteiger partial charge is 0.338 e. The molecule has 0 unspecified atom stereocenters. The Morgan fingerprint density at radius 2 is 1.63 bits per heavy atom. The van der Waals surface area contributed by atoms with E-state index in [0.717, 1.165) is 25.2 Å². The van der Waals surface area contributed by atoms with Crippen LogP contribution in [0.15, 0.2) is 48.5 Å². The summed E-state index contributed by atoms with van der Waals surface area (Å²) in [6, 6.07) is 15.6. The first-order chi connectivity index (χ1) is 13.0. The predicted molar refractivity (Wildman–Crippen MR) is 104 cm³/mol. The Morgan fingerprint density at radius 3 is 2.30 bits per heavy atom. The van der Waals surface area contributed by atoms with Gasteiger partial charge in [-0.3, -0.25) is 9.69 Å². The molecule has 2 aromatic carbocycles. The van der Waals surface area contributed by atoms with Crippen molar-refractivity contribution >= 4 is 11.9 Å². The minimum atomic E-state index is -0.457. The van der Waals surface area contributed by atoms with Gasteiger partial charge in [-0.2, -0.15) is 0 Å². The Bertz CT molecular complexity index is 793. The highest BCUT2D eigenvalue weighted by Gasteiger charge is 2.22. The quantitative estimate of drug-likeness (QED) is 0.764. The summed E-state index contributed by atoms with van der Waals surface area (Å²) < 4.78 is 5.17. The van der Waals surface area contributed by atoms with Crippen LogP contribution >= 0.6 is 0 Å². The lowest BCUT2D eigenvalue weighted by molar-refractivity contribution is -0.136. The van der Waals surface area contributed by atoms with Crippen LogP contribution < -0.4 is 0 Å². The molecule has 0 spiro atoms. The van der Waals surface area contributed by atoms with Gasteiger partial charge in [-0.15, -0.1) is 0 Å². The van der Waals surface area contributed by atoms with Crippen LogP contribution in [0.3, 0.4) is 0 Å². The first-order valence-electron chi connectivity index (χ1n) is 9.31. The predicted octanol–water partition coefficient (Wildman–Crippen LogP) is 2.80. The van der Waals surface area contributed by atoms with Crippen LogP contribution in [0.25, 0.3) is 0 Å². The van der Waals surface area contributed by atoms with Crippen LogP contribution in [0.1, 0.15) is 27.0 Å². The fourth-order valence-corrected chi connectivity index (χ4v) is 3.22. The fraction of sp³-hybridized carbons (Fsp3) is 0.364. The molecule has 1 amide bonds. The van der Waals surface area contributed by atoms with Gasteiger partial charge in [-0.1, -0.05) is 47.5 Å². The average Bonchev–Trinajstić information content (AvgIpc) is 2.67. The lowest BCUT2D eigenvalue weighted by atomic mass is 10.1. The van der Waals surface area contributed by atoms with E-state index in [1.165, 1.54) is 11.1 Å². The van der Waals surface area contributed by atoms with Crippen LogP contribution in [0, 0.1) is 13.8 Å². The minimum Gasteiger partial charge on any atom is -0.452 e. The van der Waals surface area contributed by atoms with Crippen molar-refractivity contribution in [1.82, 2.24) is 9.80 Å². The molecule has 0 aliphatic carbocycles. The van der Waals surface area contributed by atoms with Gasteiger partial charge in [-0.25, -0.2) is 4.79 Å². The van der Waals surface area contributed by atoms with E-state index in [9.17, 15) is 9.59 Å². The number of hydrogen-bond donors (Lipinski definition) is 0. The SMILES string of the molecule is Cc1ccc(C(=O)OCC(=O)N2CCN(Cc3cccc(C)c3)CC2)cc1. The van der Waals surface area contributed by atoms with Crippen molar-refractivity contribution in [3.63, 3.8) is 0 Å². The third kappa shape index (κ3) is 5.41. The molecular formula is C22H26N2O3. The highest BCUT2D eigenvalue weighted by Crippen LogP contribution is 2.11. The van der Waals surface area contributed by atoms with E-state index in [2.05, 4.69) is 36.1 Å². The Balaban J connectivity index is 1.43. The monoisotopic (exact) mass is 366 g/mol. The van der Waals surface area contributed by atoms with Crippen molar-refractivity contribution in [3.8, 4) is 0 Å². The van der Waals surface area contributed by atoms with Crippen molar-refractivity contribution in [2.75, 3.05) is 32.8 Å². The number of benzene rings is 2. The topological polar surface area (TPSA) is 49.9 Å². The summed E-state index contributed by atoms with van der Waals surface area (Å²) in [5.41, 5.74) is 4.10. The Hall–Kier alpha value is -2.66. The zero-order valence-corrected chi connectivity index (χ0v) is 16.0. The molecular weight excluding hydrogens is 340 g/mol. The van der Waals surface area contributed by atoms with Crippen molar-refractivity contribution < 1.29 is 14.3 Å². The Labute approximate surface area is 160 Å². The molecule has 1 fully saturated rings. The van der Waals surface area contributed by atoms with Gasteiger partial charge in [-0.05, 0) is 31.5 Å². The van der Waals surface area contributed by atoms with Crippen LogP contribution in [-0.4, -0.2) is 54.5 Å². The van der Waals surface area contributed by atoms with E-state index >= 15 is 0 Å². The lowest BCUT2D eigenvalue weighted by Crippen LogP contribution is -2.49. The van der Waals surface area contributed by atoms with E-state index in [-0.39, 0.29) is 12.5 Å². The number of hydrogen-bond acceptors (Lipinski definition) is 4. The minimum absolute atomic E-state index is 0.134. The van der Waals surface area contributed by atoms with Crippen LogP contribution in [0.4, 0.5) is 0 Å². The van der Waals surface area contributed by atoms with E-state index in [0.29, 0.717) is 18.7 Å². The number of aryl methyl sites for hydroxylation is 2. The maximum atomic E-state index is 12.3. The van der Waals surface area contributed by atoms with E-state index in [1.54, 1.807) is 17.0 Å². The molecule has 5 nitrogen and oxygen atoms in total. The molecule has 0 bridgehead atoms. The number of ether oxygens (including phenoxy) is 1. The summed E-state index contributed by atoms with van der Waals surface area (Å²) in [7, 11) is 0. The Kier molecular flexibility index (Phi) is 6.24. The molecule has 0 N–H and O–H groups in total. The summed E-state index contributed by atoms with van der Waals surface area (Å²) in [4.78, 5) is 28.5. The molecule has 2 aromatic rings. The second kappa shape index (κ2) is 8.82. The van der Waals surface area contributed by atoms with Gasteiger partial charge in [0.15, 0.2) is 6.61 Å². The molecule has 1 heterocycles. The third-order valence-electron chi connectivity index (χ3n) is 4.83. The van der Waals surface area contributed by atoms with Crippen LogP contribution in [-0.2, 0) is 16.1 Å². The maximum absolute atomic E-state index is 12.3. The Morgan fingerprint density at radius 1 is 0.926 bits per heavy atom. The van der Waals surface area contributed by atoms with E-state index < -0.39 is 5.97 Å². The highest BCUT2D eigenvalue weighted by atomic mass is 16.5. The number of piperazine rings is 1. The van der Waals surface area contributed by atoms with Gasteiger partial charge in [0, 0.05) is 32.7 Å². The van der Waals surface area contributed by atoms with Crippen molar-refractivity contribution in [2.45, 2.75) is 20.4 Å². The fourth-order valence-electron chi connectivity index (χ4n) is 3.22. The first kappa shape index (κ1) is 19.1. The molecule has 1 saturated heterocycles. The summed E-state index contributed by atoms with van der Waals surface area (Å²) in [6.07, 6.45) is 0. The van der Waals surface area contributed by atoms with Crippen molar-refractivity contribution in [2.24, 2.45) is 0 Å². The summed E-state index contributed by atoms with van der Waals surface area (Å²) >= 11 is 0. The normalized spacial score (nSPS) is 14.8. The van der Waals surface area contributed by atoms with Gasteiger partial charge in [0.05, 0.1) is 5.56 Å². The van der Waals surface area contributed by atoms with E-state index in [4.69, 9.17) is 4.74 Å². The summed E-state index contributed by atoms with van der Waals surface area (Å²) in [5, 5.41) is 0. The van der Waals surface area contributed by atoms with Crippen molar-refractivity contribution in [3.05, 3.63) is 70.8 Å². The van der Waals surface area contributed by atoms with Gasteiger partial charge < -0.3 is 9.64 Å². The number of nitrogens with zero attached hydrogens (tertiary/aromatic N) is 2. The number of carbonyl (C=O) groups excluding carboxylic acids is 2. The number of esters is 1. The molecule has 0 radical (unpaired) electrons. The van der Waals surface area contributed by atoms with Gasteiger partial charge >= 0.3 is 5.97 Å². The van der Waals surface area contributed by atoms with Crippen molar-refractivity contribution in [1.29, 1.82) is 0 Å². The largest absolute Gasteiger partial charge is 0.452 e. The number of amides is 1. The zero-order chi connectivity index (χ0) is 19.2. The standard InChI is InChI=1S/C22H26N2O3/c1-17-6-8-20(9-7-17)22(26)27-16-21(25)24-12-10-23(11-13-24)15-19-5-3-4-18(2)14-19/h3-9,14H,10-13,15-16H2,1-2H3. The highest BCUT2D eigenvalue weighted by molar-refractivity contribution is 5.91. The average molecular weight is 366 g/mol. The molecule has 0 saturated carbocycles. The maximum Gasteiger partial charge on any atom is 0.338 e. The molecule has 27 heavy (non-hydrogen) atoms. The molecule has 0 aromatic heterocycles. The second-order valence-corrected chi connectivity index (χ2v) is 7.09. The van der Waals surface area contributed by atoms with Gasteiger partial charge in [0.25, 0.3) is 5.91 Å². The van der Waals surface area contributed by atoms with E-state index in [1.807, 2.05) is 19.1 Å². The van der Waals surface area contributed by atoms with Crippen LogP contribution in [0.2, 0.25) is 0 Å². The molecule has 5 heteroatoms. The van der Waals surface area contributed by atoms with Gasteiger partial charge in [0.2, 0.25) is 0 Å². The zero-order valence-electron chi connectivity index (χ0n) is 16.0. The van der Waals surface area contributed by atoms with Crippen LogP contribution in [0.5, 0.6) is 0 Å². The summed E-state index contributed by atoms with van der Waals surface area (Å²) in [6.45, 7) is 7.71. The summed E-state index contributed by atoms with van der Waals surface area (Å²) in [5.74, 6) is -0.591.